The van der Waals surface area contributed by atoms with Gasteiger partial charge < -0.3 is 10.2 Å². The Hall–Kier alpha value is -2.69. The second-order valence-electron chi connectivity index (χ2n) is 5.99. The quantitative estimate of drug-likeness (QED) is 0.841. The maximum atomic E-state index is 13.7. The summed E-state index contributed by atoms with van der Waals surface area (Å²) in [7, 11) is 0. The molecular formula is C20H23FN2O2. The van der Waals surface area contributed by atoms with E-state index in [0.717, 1.165) is 11.1 Å². The minimum atomic E-state index is -0.296. The topological polar surface area (TPSA) is 49.4 Å². The van der Waals surface area contributed by atoms with Crippen LogP contribution in [0.3, 0.4) is 0 Å². The van der Waals surface area contributed by atoms with E-state index >= 15 is 0 Å². The second-order valence-corrected chi connectivity index (χ2v) is 5.99. The number of amides is 2. The third-order valence-corrected chi connectivity index (χ3v) is 4.13. The van der Waals surface area contributed by atoms with Crippen molar-refractivity contribution in [3.05, 3.63) is 71.0 Å². The van der Waals surface area contributed by atoms with Gasteiger partial charge in [0, 0.05) is 20.0 Å². The van der Waals surface area contributed by atoms with E-state index < -0.39 is 0 Å². The van der Waals surface area contributed by atoms with Crippen molar-refractivity contribution in [2.75, 3.05) is 13.1 Å². The largest absolute Gasteiger partial charge is 0.350 e. The summed E-state index contributed by atoms with van der Waals surface area (Å²) in [5.41, 5.74) is 2.68. The zero-order chi connectivity index (χ0) is 18.2. The Morgan fingerprint density at radius 3 is 2.32 bits per heavy atom. The molecule has 0 radical (unpaired) electrons. The summed E-state index contributed by atoms with van der Waals surface area (Å²) >= 11 is 0. The molecule has 0 atom stereocenters. The molecule has 0 spiro atoms. The van der Waals surface area contributed by atoms with Crippen molar-refractivity contribution in [2.24, 2.45) is 0 Å². The molecule has 0 aliphatic rings. The summed E-state index contributed by atoms with van der Waals surface area (Å²) in [6.45, 7) is 4.09. The van der Waals surface area contributed by atoms with Crippen LogP contribution >= 0.6 is 0 Å². The molecular weight excluding hydrogens is 319 g/mol. The number of hydrogen-bond donors (Lipinski definition) is 1. The molecule has 2 amide bonds. The lowest BCUT2D eigenvalue weighted by Crippen LogP contribution is -2.40. The highest BCUT2D eigenvalue weighted by Crippen LogP contribution is 2.08. The molecule has 0 saturated carbocycles. The van der Waals surface area contributed by atoms with Gasteiger partial charge in [0.25, 0.3) is 0 Å². The van der Waals surface area contributed by atoms with Crippen LogP contribution in [0.1, 0.15) is 23.6 Å². The van der Waals surface area contributed by atoms with E-state index in [1.165, 1.54) is 17.9 Å². The first-order chi connectivity index (χ1) is 12.0. The summed E-state index contributed by atoms with van der Waals surface area (Å²) in [6, 6.07) is 14.3. The number of halogens is 1. The van der Waals surface area contributed by atoms with Gasteiger partial charge in [-0.15, -0.1) is 0 Å². The van der Waals surface area contributed by atoms with E-state index in [2.05, 4.69) is 5.32 Å². The van der Waals surface area contributed by atoms with Gasteiger partial charge in [0.2, 0.25) is 11.8 Å². The van der Waals surface area contributed by atoms with Crippen LogP contribution in [0, 0.1) is 12.7 Å². The van der Waals surface area contributed by atoms with E-state index in [-0.39, 0.29) is 24.2 Å². The standard InChI is InChI=1S/C20H23FN2O2/c1-15-7-3-4-9-18(15)13-22-20(25)14-23(16(2)24)12-11-17-8-5-6-10-19(17)21/h3-10H,11-14H2,1-2H3,(H,22,25). The van der Waals surface area contributed by atoms with Gasteiger partial charge in [-0.3, -0.25) is 9.59 Å². The van der Waals surface area contributed by atoms with Crippen molar-refractivity contribution < 1.29 is 14.0 Å². The van der Waals surface area contributed by atoms with Crippen molar-refractivity contribution in [1.82, 2.24) is 10.2 Å². The van der Waals surface area contributed by atoms with Crippen LogP contribution < -0.4 is 5.32 Å². The number of nitrogens with one attached hydrogen (secondary N) is 1. The normalized spacial score (nSPS) is 10.4. The van der Waals surface area contributed by atoms with Crippen molar-refractivity contribution in [1.29, 1.82) is 0 Å². The lowest BCUT2D eigenvalue weighted by atomic mass is 10.1. The Bertz CT molecular complexity index is 746. The molecule has 0 aliphatic heterocycles. The molecule has 0 aliphatic carbocycles. The monoisotopic (exact) mass is 342 g/mol. The molecule has 2 rings (SSSR count). The lowest BCUT2D eigenvalue weighted by Gasteiger charge is -2.21. The second kappa shape index (κ2) is 8.97. The number of rotatable bonds is 7. The first kappa shape index (κ1) is 18.6. The highest BCUT2D eigenvalue weighted by Gasteiger charge is 2.14. The fourth-order valence-electron chi connectivity index (χ4n) is 2.54. The molecule has 25 heavy (non-hydrogen) atoms. The summed E-state index contributed by atoms with van der Waals surface area (Å²) in [6.07, 6.45) is 0.372. The Kier molecular flexibility index (Phi) is 6.69. The van der Waals surface area contributed by atoms with E-state index in [1.54, 1.807) is 18.2 Å². The number of nitrogens with zero attached hydrogens (tertiary/aromatic N) is 1. The predicted molar refractivity (Wildman–Crippen MR) is 95.4 cm³/mol. The molecule has 1 N–H and O–H groups in total. The van der Waals surface area contributed by atoms with Crippen LogP contribution in [0.5, 0.6) is 0 Å². The third-order valence-electron chi connectivity index (χ3n) is 4.13. The van der Waals surface area contributed by atoms with Gasteiger partial charge in [0.05, 0.1) is 6.54 Å². The van der Waals surface area contributed by atoms with Gasteiger partial charge in [0.1, 0.15) is 5.82 Å². The average Bonchev–Trinajstić information content (AvgIpc) is 2.59. The van der Waals surface area contributed by atoms with Gasteiger partial charge in [-0.05, 0) is 36.1 Å². The van der Waals surface area contributed by atoms with Gasteiger partial charge >= 0.3 is 0 Å². The minimum absolute atomic E-state index is 0.0321. The number of hydrogen-bond acceptors (Lipinski definition) is 2. The highest BCUT2D eigenvalue weighted by atomic mass is 19.1. The molecule has 4 nitrogen and oxygen atoms in total. The zero-order valence-corrected chi connectivity index (χ0v) is 14.6. The summed E-state index contributed by atoms with van der Waals surface area (Å²) in [4.78, 5) is 25.3. The number of aryl methyl sites for hydroxylation is 1. The van der Waals surface area contributed by atoms with E-state index in [0.29, 0.717) is 25.1 Å². The Balaban J connectivity index is 1.88. The highest BCUT2D eigenvalue weighted by molar-refractivity contribution is 5.83. The lowest BCUT2D eigenvalue weighted by molar-refractivity contribution is -0.134. The fourth-order valence-corrected chi connectivity index (χ4v) is 2.54. The van der Waals surface area contributed by atoms with E-state index in [4.69, 9.17) is 0 Å². The molecule has 0 heterocycles. The first-order valence-electron chi connectivity index (χ1n) is 8.27. The molecule has 5 heteroatoms. The molecule has 2 aromatic carbocycles. The van der Waals surface area contributed by atoms with Crippen LogP contribution in [-0.4, -0.2) is 29.8 Å². The van der Waals surface area contributed by atoms with Crippen molar-refractivity contribution in [3.8, 4) is 0 Å². The summed E-state index contributed by atoms with van der Waals surface area (Å²) in [5.74, 6) is -0.732. The molecule has 0 aromatic heterocycles. The van der Waals surface area contributed by atoms with E-state index in [9.17, 15) is 14.0 Å². The zero-order valence-electron chi connectivity index (χ0n) is 14.6. The minimum Gasteiger partial charge on any atom is -0.350 e. The third kappa shape index (κ3) is 5.71. The van der Waals surface area contributed by atoms with Crippen LogP contribution in [0.4, 0.5) is 4.39 Å². The maximum absolute atomic E-state index is 13.7. The molecule has 132 valence electrons. The predicted octanol–water partition coefficient (Wildman–Crippen LogP) is 2.84. The average molecular weight is 342 g/mol. The molecule has 0 fully saturated rings. The smallest absolute Gasteiger partial charge is 0.239 e. The first-order valence-corrected chi connectivity index (χ1v) is 8.27. The van der Waals surface area contributed by atoms with Crippen molar-refractivity contribution >= 4 is 11.8 Å². The van der Waals surface area contributed by atoms with E-state index in [1.807, 2.05) is 31.2 Å². The van der Waals surface area contributed by atoms with Crippen molar-refractivity contribution in [3.63, 3.8) is 0 Å². The summed E-state index contributed by atoms with van der Waals surface area (Å²) < 4.78 is 13.7. The van der Waals surface area contributed by atoms with Crippen LogP contribution in [0.2, 0.25) is 0 Å². The SMILES string of the molecule is CC(=O)N(CCc1ccccc1F)CC(=O)NCc1ccccc1C. The molecule has 0 bridgehead atoms. The van der Waals surface area contributed by atoms with Gasteiger partial charge in [-0.25, -0.2) is 4.39 Å². The Labute approximate surface area is 147 Å². The molecule has 0 unspecified atom stereocenters. The van der Waals surface area contributed by atoms with Crippen LogP contribution in [-0.2, 0) is 22.6 Å². The fraction of sp³-hybridized carbons (Fsp3) is 0.300. The molecule has 0 saturated heterocycles. The Morgan fingerprint density at radius 1 is 1.04 bits per heavy atom. The van der Waals surface area contributed by atoms with Gasteiger partial charge in [-0.2, -0.15) is 0 Å². The van der Waals surface area contributed by atoms with Gasteiger partial charge in [-0.1, -0.05) is 42.5 Å². The van der Waals surface area contributed by atoms with Gasteiger partial charge in [0.15, 0.2) is 0 Å². The number of benzene rings is 2. The van der Waals surface area contributed by atoms with Crippen molar-refractivity contribution in [2.45, 2.75) is 26.8 Å². The molecule has 2 aromatic rings. The maximum Gasteiger partial charge on any atom is 0.239 e. The number of carbonyl (C=O) groups excluding carboxylic acids is 2. The van der Waals surface area contributed by atoms with Crippen LogP contribution in [0.25, 0.3) is 0 Å². The summed E-state index contributed by atoms with van der Waals surface area (Å²) in [5, 5.41) is 2.83. The number of carbonyl (C=O) groups is 2. The van der Waals surface area contributed by atoms with Crippen LogP contribution in [0.15, 0.2) is 48.5 Å². The Morgan fingerprint density at radius 2 is 1.68 bits per heavy atom.